The molecule has 0 amide bonds. The number of aromatic nitrogens is 1. The molecule has 1 fully saturated rings. The van der Waals surface area contributed by atoms with Crippen molar-refractivity contribution in [1.29, 1.82) is 0 Å². The van der Waals surface area contributed by atoms with Crippen LogP contribution < -0.4 is 0 Å². The van der Waals surface area contributed by atoms with Crippen LogP contribution in [-0.4, -0.2) is 52.6 Å². The van der Waals surface area contributed by atoms with Crippen molar-refractivity contribution in [1.82, 2.24) is 14.8 Å². The quantitative estimate of drug-likeness (QED) is 0.916. The molecule has 0 spiro atoms. The largest absolute Gasteiger partial charge is 0.444 e. The fourth-order valence-electron chi connectivity index (χ4n) is 2.95. The minimum Gasteiger partial charge on any atom is -0.444 e. The molecule has 124 valence electrons. The van der Waals surface area contributed by atoms with Crippen molar-refractivity contribution < 1.29 is 9.52 Å². The first kappa shape index (κ1) is 16.2. The van der Waals surface area contributed by atoms with Crippen molar-refractivity contribution >= 4 is 0 Å². The molecule has 23 heavy (non-hydrogen) atoms. The molecule has 0 unspecified atom stereocenters. The smallest absolute Gasteiger partial charge is 0.208 e. The maximum atomic E-state index is 10.3. The van der Waals surface area contributed by atoms with Gasteiger partial charge in [-0.15, -0.1) is 0 Å². The van der Waals surface area contributed by atoms with E-state index in [4.69, 9.17) is 4.42 Å². The van der Waals surface area contributed by atoms with E-state index in [0.29, 0.717) is 6.54 Å². The summed E-state index contributed by atoms with van der Waals surface area (Å²) in [4.78, 5) is 9.13. The number of hydrogen-bond donors (Lipinski definition) is 1. The first-order chi connectivity index (χ1) is 11.1. The third kappa shape index (κ3) is 4.19. The van der Waals surface area contributed by atoms with Crippen LogP contribution >= 0.6 is 0 Å². The van der Waals surface area contributed by atoms with Gasteiger partial charge < -0.3 is 9.52 Å². The number of β-amino-alcohol motifs (C(OH)–C–C–N with tert-alkyl or cyclic N) is 1. The van der Waals surface area contributed by atoms with Crippen molar-refractivity contribution in [3.8, 4) is 0 Å². The van der Waals surface area contributed by atoms with E-state index in [2.05, 4.69) is 14.8 Å². The number of nitrogens with zero attached hydrogens (tertiary/aromatic N) is 3. The highest BCUT2D eigenvalue weighted by atomic mass is 16.4. The molecule has 1 atom stereocenters. The van der Waals surface area contributed by atoms with Gasteiger partial charge in [0.1, 0.15) is 5.76 Å². The molecule has 1 aromatic heterocycles. The van der Waals surface area contributed by atoms with Crippen molar-refractivity contribution in [2.24, 2.45) is 0 Å². The van der Waals surface area contributed by atoms with Gasteiger partial charge in [-0.3, -0.25) is 9.80 Å². The molecule has 0 saturated carbocycles. The minimum absolute atomic E-state index is 0.417. The zero-order valence-corrected chi connectivity index (χ0v) is 13.9. The minimum atomic E-state index is -0.417. The summed E-state index contributed by atoms with van der Waals surface area (Å²) in [5.74, 6) is 1.71. The van der Waals surface area contributed by atoms with E-state index in [-0.39, 0.29) is 0 Å². The van der Waals surface area contributed by atoms with Crippen LogP contribution in [0.4, 0.5) is 0 Å². The molecule has 0 aliphatic carbocycles. The predicted molar refractivity (Wildman–Crippen MR) is 89.1 cm³/mol. The molecular formula is C18H25N3O2. The van der Waals surface area contributed by atoms with Gasteiger partial charge in [0.15, 0.2) is 0 Å². The lowest BCUT2D eigenvalue weighted by atomic mass is 10.1. The zero-order chi connectivity index (χ0) is 16.2. The molecule has 1 saturated heterocycles. The highest BCUT2D eigenvalue weighted by Crippen LogP contribution is 2.16. The molecule has 5 nitrogen and oxygen atoms in total. The number of aryl methyl sites for hydroxylation is 2. The first-order valence-electron chi connectivity index (χ1n) is 8.22. The number of aliphatic hydroxyl groups is 1. The molecule has 0 radical (unpaired) electrons. The number of hydrogen-bond acceptors (Lipinski definition) is 5. The number of benzene rings is 1. The van der Waals surface area contributed by atoms with Gasteiger partial charge in [0.2, 0.25) is 5.89 Å². The molecule has 1 N–H and O–H groups in total. The third-order valence-electron chi connectivity index (χ3n) is 4.51. The molecule has 1 aliphatic heterocycles. The van der Waals surface area contributed by atoms with Gasteiger partial charge in [0.25, 0.3) is 0 Å². The van der Waals surface area contributed by atoms with Crippen molar-refractivity contribution in [2.75, 3.05) is 32.7 Å². The molecule has 1 aliphatic rings. The average Bonchev–Trinajstić information content (AvgIpc) is 2.88. The van der Waals surface area contributed by atoms with Gasteiger partial charge in [-0.05, 0) is 19.4 Å². The maximum Gasteiger partial charge on any atom is 0.208 e. The Labute approximate surface area is 137 Å². The lowest BCUT2D eigenvalue weighted by Gasteiger charge is -2.35. The summed E-state index contributed by atoms with van der Waals surface area (Å²) in [7, 11) is 0. The Balaban J connectivity index is 1.47. The fraction of sp³-hybridized carbons (Fsp3) is 0.500. The number of piperazine rings is 1. The van der Waals surface area contributed by atoms with E-state index in [1.807, 2.05) is 44.2 Å². The Morgan fingerprint density at radius 3 is 2.35 bits per heavy atom. The summed E-state index contributed by atoms with van der Waals surface area (Å²) in [6.45, 7) is 9.26. The van der Waals surface area contributed by atoms with E-state index in [1.54, 1.807) is 0 Å². The molecule has 1 aromatic carbocycles. The molecule has 2 aromatic rings. The van der Waals surface area contributed by atoms with Crippen molar-refractivity contribution in [3.05, 3.63) is 53.2 Å². The highest BCUT2D eigenvalue weighted by Gasteiger charge is 2.21. The molecule has 2 heterocycles. The Morgan fingerprint density at radius 1 is 1.09 bits per heavy atom. The van der Waals surface area contributed by atoms with Crippen LogP contribution in [0.3, 0.4) is 0 Å². The van der Waals surface area contributed by atoms with Gasteiger partial charge in [-0.25, -0.2) is 4.98 Å². The molecule has 3 rings (SSSR count). The lowest BCUT2D eigenvalue weighted by molar-refractivity contribution is 0.0670. The van der Waals surface area contributed by atoms with E-state index < -0.39 is 6.10 Å². The molecule has 5 heteroatoms. The Bertz CT molecular complexity index is 599. The van der Waals surface area contributed by atoms with Gasteiger partial charge in [-0.2, -0.15) is 0 Å². The van der Waals surface area contributed by atoms with E-state index in [1.165, 1.54) is 0 Å². The highest BCUT2D eigenvalue weighted by molar-refractivity contribution is 5.17. The van der Waals surface area contributed by atoms with Gasteiger partial charge in [0.05, 0.1) is 18.3 Å². The zero-order valence-electron chi connectivity index (χ0n) is 13.9. The van der Waals surface area contributed by atoms with Crippen LogP contribution in [0.15, 0.2) is 34.7 Å². The lowest BCUT2D eigenvalue weighted by Crippen LogP contribution is -2.47. The summed E-state index contributed by atoms with van der Waals surface area (Å²) in [5.41, 5.74) is 1.96. The summed E-state index contributed by atoms with van der Waals surface area (Å²) in [6.07, 6.45) is -0.417. The van der Waals surface area contributed by atoms with Crippen LogP contribution in [0.2, 0.25) is 0 Å². The topological polar surface area (TPSA) is 52.7 Å². The van der Waals surface area contributed by atoms with Gasteiger partial charge >= 0.3 is 0 Å². The molecular weight excluding hydrogens is 290 g/mol. The van der Waals surface area contributed by atoms with Crippen LogP contribution in [0, 0.1) is 13.8 Å². The normalized spacial score (nSPS) is 18.2. The Hall–Kier alpha value is -1.69. The number of oxazole rings is 1. The van der Waals surface area contributed by atoms with E-state index >= 15 is 0 Å². The molecule has 0 bridgehead atoms. The Morgan fingerprint density at radius 2 is 1.74 bits per heavy atom. The number of aliphatic hydroxyl groups excluding tert-OH is 1. The third-order valence-corrected chi connectivity index (χ3v) is 4.51. The van der Waals surface area contributed by atoms with Gasteiger partial charge in [-0.1, -0.05) is 30.3 Å². The summed E-state index contributed by atoms with van der Waals surface area (Å²) in [5, 5.41) is 10.3. The van der Waals surface area contributed by atoms with Crippen LogP contribution in [-0.2, 0) is 6.54 Å². The predicted octanol–water partition coefficient (Wildman–Crippen LogP) is 2.14. The first-order valence-corrected chi connectivity index (χ1v) is 8.22. The summed E-state index contributed by atoms with van der Waals surface area (Å²) >= 11 is 0. The summed E-state index contributed by atoms with van der Waals surface area (Å²) < 4.78 is 5.66. The number of rotatable bonds is 5. The average molecular weight is 315 g/mol. The second-order valence-electron chi connectivity index (χ2n) is 6.25. The summed E-state index contributed by atoms with van der Waals surface area (Å²) in [6, 6.07) is 9.87. The maximum absolute atomic E-state index is 10.3. The van der Waals surface area contributed by atoms with Crippen molar-refractivity contribution in [3.63, 3.8) is 0 Å². The van der Waals surface area contributed by atoms with E-state index in [9.17, 15) is 5.11 Å². The SMILES string of the molecule is Cc1nc(CN2CCN(C[C@H](O)c3ccccc3)CC2)oc1C. The monoisotopic (exact) mass is 315 g/mol. The van der Waals surface area contributed by atoms with Crippen LogP contribution in [0.1, 0.15) is 29.0 Å². The van der Waals surface area contributed by atoms with E-state index in [0.717, 1.165) is 55.6 Å². The van der Waals surface area contributed by atoms with Crippen LogP contribution in [0.5, 0.6) is 0 Å². The second kappa shape index (κ2) is 7.25. The van der Waals surface area contributed by atoms with Gasteiger partial charge in [0, 0.05) is 32.7 Å². The van der Waals surface area contributed by atoms with Crippen LogP contribution in [0.25, 0.3) is 0 Å². The Kier molecular flexibility index (Phi) is 5.10. The van der Waals surface area contributed by atoms with Crippen molar-refractivity contribution in [2.45, 2.75) is 26.5 Å². The fourth-order valence-corrected chi connectivity index (χ4v) is 2.95. The standard InChI is InChI=1S/C18H25N3O2/c1-14-15(2)23-18(19-14)13-21-10-8-20(9-11-21)12-17(22)16-6-4-3-5-7-16/h3-7,17,22H,8-13H2,1-2H3/t17-/m0/s1. The second-order valence-corrected chi connectivity index (χ2v) is 6.25.